The molecule has 0 bridgehead atoms. The predicted octanol–water partition coefficient (Wildman–Crippen LogP) is 4.62. The molecule has 152 valence electrons. The van der Waals surface area contributed by atoms with Gasteiger partial charge >= 0.3 is 0 Å². The third kappa shape index (κ3) is 3.95. The first-order chi connectivity index (χ1) is 15.0. The quantitative estimate of drug-likeness (QED) is 0.455. The molecule has 31 heavy (non-hydrogen) atoms. The number of anilines is 1. The van der Waals surface area contributed by atoms with Crippen molar-refractivity contribution in [1.82, 2.24) is 14.8 Å². The number of fused-ring (bicyclic) bond motifs is 2. The molecule has 0 aliphatic carbocycles. The number of carbonyl (C=O) groups excluding carboxylic acids is 1. The van der Waals surface area contributed by atoms with Crippen molar-refractivity contribution in [3.8, 4) is 11.3 Å². The first-order valence-electron chi connectivity index (χ1n) is 9.79. The van der Waals surface area contributed by atoms with Gasteiger partial charge in [0.15, 0.2) is 5.13 Å². The second kappa shape index (κ2) is 7.77. The third-order valence-electron chi connectivity index (χ3n) is 5.00. The molecular formula is C24H18N4O2S. The van der Waals surface area contributed by atoms with E-state index in [4.69, 9.17) is 0 Å². The van der Waals surface area contributed by atoms with E-state index in [1.165, 1.54) is 22.1 Å². The maximum Gasteiger partial charge on any atom is 0.267 e. The smallest absolute Gasteiger partial charge is 0.267 e. The number of benzene rings is 3. The Bertz CT molecular complexity index is 1500. The Kier molecular flexibility index (Phi) is 4.80. The summed E-state index contributed by atoms with van der Waals surface area (Å²) >= 11 is 1.40. The van der Waals surface area contributed by atoms with Crippen LogP contribution in [0.5, 0.6) is 0 Å². The van der Waals surface area contributed by atoms with Crippen molar-refractivity contribution in [2.45, 2.75) is 13.5 Å². The molecule has 0 spiro atoms. The zero-order valence-corrected chi connectivity index (χ0v) is 17.5. The molecule has 0 radical (unpaired) electrons. The average Bonchev–Trinajstić information content (AvgIpc) is 3.16. The molecule has 5 rings (SSSR count). The number of aryl methyl sites for hydroxylation is 1. The van der Waals surface area contributed by atoms with Crippen LogP contribution in [0.1, 0.15) is 5.56 Å². The summed E-state index contributed by atoms with van der Waals surface area (Å²) in [6.07, 6.45) is 0. The van der Waals surface area contributed by atoms with Gasteiger partial charge in [0.2, 0.25) is 5.91 Å². The summed E-state index contributed by atoms with van der Waals surface area (Å²) in [7, 11) is 0. The highest BCUT2D eigenvalue weighted by atomic mass is 32.1. The van der Waals surface area contributed by atoms with Crippen LogP contribution in [-0.2, 0) is 11.3 Å². The molecule has 2 aromatic heterocycles. The van der Waals surface area contributed by atoms with E-state index < -0.39 is 0 Å². The van der Waals surface area contributed by atoms with Crippen molar-refractivity contribution >= 4 is 43.4 Å². The van der Waals surface area contributed by atoms with Crippen molar-refractivity contribution in [2.24, 2.45) is 0 Å². The van der Waals surface area contributed by atoms with Gasteiger partial charge < -0.3 is 5.32 Å². The fourth-order valence-electron chi connectivity index (χ4n) is 3.44. The average molecular weight is 427 g/mol. The fourth-order valence-corrected chi connectivity index (χ4v) is 4.43. The van der Waals surface area contributed by atoms with Crippen molar-refractivity contribution in [3.05, 3.63) is 88.7 Å². The van der Waals surface area contributed by atoms with Crippen LogP contribution in [0, 0.1) is 6.92 Å². The number of nitrogens with zero attached hydrogens (tertiary/aromatic N) is 3. The Morgan fingerprint density at radius 3 is 2.71 bits per heavy atom. The minimum Gasteiger partial charge on any atom is -0.300 e. The molecule has 7 heteroatoms. The number of hydrogen-bond donors (Lipinski definition) is 1. The van der Waals surface area contributed by atoms with Crippen LogP contribution in [0.2, 0.25) is 0 Å². The largest absolute Gasteiger partial charge is 0.300 e. The van der Waals surface area contributed by atoms with Crippen molar-refractivity contribution in [2.75, 3.05) is 5.32 Å². The van der Waals surface area contributed by atoms with Gasteiger partial charge in [-0.3, -0.25) is 9.59 Å². The van der Waals surface area contributed by atoms with E-state index in [0.29, 0.717) is 10.8 Å². The summed E-state index contributed by atoms with van der Waals surface area (Å²) in [4.78, 5) is 29.3. The van der Waals surface area contributed by atoms with E-state index in [9.17, 15) is 9.59 Å². The SMILES string of the molecule is Cc1ccc2nc(NC(=O)Cn3nc(-c4ccc5ccccc5c4)ccc3=O)sc2c1. The maximum absolute atomic E-state index is 12.6. The van der Waals surface area contributed by atoms with Gasteiger partial charge in [-0.05, 0) is 47.5 Å². The molecular weight excluding hydrogens is 408 g/mol. The molecule has 0 saturated carbocycles. The topological polar surface area (TPSA) is 76.9 Å². The lowest BCUT2D eigenvalue weighted by Crippen LogP contribution is -2.29. The van der Waals surface area contributed by atoms with Crippen LogP contribution < -0.4 is 10.9 Å². The van der Waals surface area contributed by atoms with Gasteiger partial charge in [-0.1, -0.05) is 53.8 Å². The van der Waals surface area contributed by atoms with E-state index in [-0.39, 0.29) is 18.0 Å². The Morgan fingerprint density at radius 2 is 1.84 bits per heavy atom. The van der Waals surface area contributed by atoms with Gasteiger partial charge in [0.25, 0.3) is 5.56 Å². The highest BCUT2D eigenvalue weighted by molar-refractivity contribution is 7.22. The lowest BCUT2D eigenvalue weighted by Gasteiger charge is -2.08. The van der Waals surface area contributed by atoms with Gasteiger partial charge in [0.1, 0.15) is 6.54 Å². The van der Waals surface area contributed by atoms with Crippen molar-refractivity contribution < 1.29 is 4.79 Å². The van der Waals surface area contributed by atoms with Gasteiger partial charge in [-0.25, -0.2) is 9.67 Å². The molecule has 0 unspecified atom stereocenters. The summed E-state index contributed by atoms with van der Waals surface area (Å²) in [5, 5.41) is 9.91. The summed E-state index contributed by atoms with van der Waals surface area (Å²) in [6, 6.07) is 23.1. The Hall–Kier alpha value is -3.84. The normalized spacial score (nSPS) is 11.1. The lowest BCUT2D eigenvalue weighted by molar-refractivity contribution is -0.117. The number of hydrogen-bond acceptors (Lipinski definition) is 5. The first-order valence-corrected chi connectivity index (χ1v) is 10.6. The van der Waals surface area contributed by atoms with Crippen LogP contribution in [0.25, 0.3) is 32.2 Å². The predicted molar refractivity (Wildman–Crippen MR) is 124 cm³/mol. The van der Waals surface area contributed by atoms with Crippen LogP contribution in [0.4, 0.5) is 5.13 Å². The minimum atomic E-state index is -0.346. The molecule has 3 aromatic carbocycles. The van der Waals surface area contributed by atoms with Crippen LogP contribution in [-0.4, -0.2) is 20.7 Å². The summed E-state index contributed by atoms with van der Waals surface area (Å²) in [6.45, 7) is 1.83. The third-order valence-corrected chi connectivity index (χ3v) is 5.93. The van der Waals surface area contributed by atoms with E-state index >= 15 is 0 Å². The number of nitrogens with one attached hydrogen (secondary N) is 1. The molecule has 1 N–H and O–H groups in total. The molecule has 5 aromatic rings. The Balaban J connectivity index is 1.39. The second-order valence-corrected chi connectivity index (χ2v) is 8.35. The number of aromatic nitrogens is 3. The van der Waals surface area contributed by atoms with Gasteiger partial charge in [0, 0.05) is 11.6 Å². The number of rotatable bonds is 4. The van der Waals surface area contributed by atoms with Gasteiger partial charge in [-0.15, -0.1) is 0 Å². The highest BCUT2D eigenvalue weighted by Gasteiger charge is 2.11. The summed E-state index contributed by atoms with van der Waals surface area (Å²) < 4.78 is 2.18. The van der Waals surface area contributed by atoms with E-state index in [1.807, 2.05) is 67.6 Å². The zero-order chi connectivity index (χ0) is 21.4. The van der Waals surface area contributed by atoms with E-state index in [0.717, 1.165) is 32.1 Å². The molecule has 0 saturated heterocycles. The molecule has 0 fully saturated rings. The molecule has 6 nitrogen and oxygen atoms in total. The van der Waals surface area contributed by atoms with E-state index in [1.54, 1.807) is 6.07 Å². The highest BCUT2D eigenvalue weighted by Crippen LogP contribution is 2.26. The molecule has 0 atom stereocenters. The lowest BCUT2D eigenvalue weighted by atomic mass is 10.1. The maximum atomic E-state index is 12.6. The van der Waals surface area contributed by atoms with Gasteiger partial charge in [-0.2, -0.15) is 5.10 Å². The first kappa shape index (κ1) is 19.1. The van der Waals surface area contributed by atoms with Gasteiger partial charge in [0.05, 0.1) is 15.9 Å². The molecule has 2 heterocycles. The number of thiazole rings is 1. The van der Waals surface area contributed by atoms with Crippen LogP contribution >= 0.6 is 11.3 Å². The number of amides is 1. The molecule has 0 aliphatic rings. The summed E-state index contributed by atoms with van der Waals surface area (Å²) in [5.41, 5.74) is 3.15. The van der Waals surface area contributed by atoms with Crippen LogP contribution in [0.3, 0.4) is 0 Å². The Labute approximate surface area is 181 Å². The van der Waals surface area contributed by atoms with Crippen molar-refractivity contribution in [3.63, 3.8) is 0 Å². The van der Waals surface area contributed by atoms with E-state index in [2.05, 4.69) is 15.4 Å². The second-order valence-electron chi connectivity index (χ2n) is 7.31. The zero-order valence-electron chi connectivity index (χ0n) is 16.7. The fraction of sp³-hybridized carbons (Fsp3) is 0.0833. The molecule has 0 aliphatic heterocycles. The standard InChI is InChI=1S/C24H18N4O2S/c1-15-6-9-20-21(12-15)31-24(25-20)26-22(29)14-28-23(30)11-10-19(27-28)18-8-7-16-4-2-3-5-17(16)13-18/h2-13H,14H2,1H3,(H,25,26,29). The number of carbonyl (C=O) groups is 1. The summed E-state index contributed by atoms with van der Waals surface area (Å²) in [5.74, 6) is -0.346. The monoisotopic (exact) mass is 426 g/mol. The Morgan fingerprint density at radius 1 is 1.00 bits per heavy atom. The molecule has 1 amide bonds. The van der Waals surface area contributed by atoms with Crippen LogP contribution in [0.15, 0.2) is 77.6 Å². The van der Waals surface area contributed by atoms with Crippen molar-refractivity contribution in [1.29, 1.82) is 0 Å². The minimum absolute atomic E-state index is 0.185.